The zero-order valence-electron chi connectivity index (χ0n) is 24.4. The second-order valence-electron chi connectivity index (χ2n) is 9.88. The number of nitrogens with one attached hydrogen (secondary N) is 3. The molecule has 0 aliphatic carbocycles. The zero-order chi connectivity index (χ0) is 31.9. The third-order valence-electron chi connectivity index (χ3n) is 6.81. The first-order valence-electron chi connectivity index (χ1n) is 13.6. The fourth-order valence-corrected chi connectivity index (χ4v) is 4.46. The molecule has 5 N–H and O–H groups in total. The van der Waals surface area contributed by atoms with E-state index in [4.69, 9.17) is 15.9 Å². The minimum atomic E-state index is -0.542. The van der Waals surface area contributed by atoms with Gasteiger partial charge < -0.3 is 26.0 Å². The molecule has 13 nitrogen and oxygen atoms in total. The smallest absolute Gasteiger partial charge is 0.346 e. The standard InChI is InChI=1S/C31H29FN10O3/c1-41(31(44)42-18-35-16-39-42)15-20-5-10-23(11-6-20)40-29-26(28(34)37-17-38-29)27(33)21-7-3-19(4-8-21)14-36-30(43)24-13-22(32)9-12-25(24)45-2/h3-13,16-18,33H,14-15H2,1-2H3,(H,36,43)(H3,34,37,38,40). The number of nitrogens with zero attached hydrogens (tertiary/aromatic N) is 6. The zero-order valence-corrected chi connectivity index (χ0v) is 24.4. The van der Waals surface area contributed by atoms with Gasteiger partial charge in [0.15, 0.2) is 0 Å². The summed E-state index contributed by atoms with van der Waals surface area (Å²) in [7, 11) is 3.08. The van der Waals surface area contributed by atoms with Crippen LogP contribution in [0.2, 0.25) is 0 Å². The Labute approximate surface area is 257 Å². The van der Waals surface area contributed by atoms with E-state index < -0.39 is 11.7 Å². The number of anilines is 3. The van der Waals surface area contributed by atoms with Crippen LogP contribution in [0.15, 0.2) is 85.7 Å². The minimum Gasteiger partial charge on any atom is -0.496 e. The second kappa shape index (κ2) is 13.4. The summed E-state index contributed by atoms with van der Waals surface area (Å²) in [5, 5.41) is 18.7. The molecule has 2 aromatic heterocycles. The molecule has 0 aliphatic rings. The summed E-state index contributed by atoms with van der Waals surface area (Å²) >= 11 is 0. The number of nitrogens with two attached hydrogens (primary N) is 1. The van der Waals surface area contributed by atoms with E-state index >= 15 is 0 Å². The molecule has 5 aromatic rings. The molecule has 0 saturated carbocycles. The molecule has 14 heteroatoms. The summed E-state index contributed by atoms with van der Waals surface area (Å²) in [6.07, 6.45) is 3.96. The summed E-state index contributed by atoms with van der Waals surface area (Å²) < 4.78 is 20.0. The summed E-state index contributed by atoms with van der Waals surface area (Å²) in [6.45, 7) is 0.532. The van der Waals surface area contributed by atoms with Gasteiger partial charge in [-0.2, -0.15) is 9.78 Å². The molecule has 5 rings (SSSR count). The summed E-state index contributed by atoms with van der Waals surface area (Å²) in [4.78, 5) is 38.8. The highest BCUT2D eigenvalue weighted by Crippen LogP contribution is 2.26. The van der Waals surface area contributed by atoms with E-state index in [1.165, 1.54) is 43.1 Å². The van der Waals surface area contributed by atoms with Crippen molar-refractivity contribution in [2.24, 2.45) is 0 Å². The van der Waals surface area contributed by atoms with Crippen LogP contribution in [0.4, 0.5) is 26.5 Å². The molecule has 2 amide bonds. The number of methoxy groups -OCH3 is 1. The maximum absolute atomic E-state index is 13.7. The number of carbonyl (C=O) groups is 2. The molecule has 0 fully saturated rings. The average molecular weight is 609 g/mol. The van der Waals surface area contributed by atoms with Crippen molar-refractivity contribution >= 4 is 35.0 Å². The Bertz CT molecular complexity index is 1830. The van der Waals surface area contributed by atoms with Gasteiger partial charge in [0.1, 0.15) is 42.2 Å². The maximum Gasteiger partial charge on any atom is 0.346 e. The largest absolute Gasteiger partial charge is 0.496 e. The van der Waals surface area contributed by atoms with Gasteiger partial charge in [-0.05, 0) is 41.5 Å². The van der Waals surface area contributed by atoms with Crippen molar-refractivity contribution in [3.8, 4) is 5.75 Å². The van der Waals surface area contributed by atoms with Gasteiger partial charge in [-0.15, -0.1) is 0 Å². The lowest BCUT2D eigenvalue weighted by molar-refractivity contribution is 0.0947. The Morgan fingerprint density at radius 3 is 2.44 bits per heavy atom. The van der Waals surface area contributed by atoms with Gasteiger partial charge in [0.05, 0.1) is 23.9 Å². The highest BCUT2D eigenvalue weighted by molar-refractivity contribution is 6.16. The highest BCUT2D eigenvalue weighted by atomic mass is 19.1. The fraction of sp³-hybridized carbons (Fsp3) is 0.129. The predicted octanol–water partition coefficient (Wildman–Crippen LogP) is 3.99. The molecule has 3 aromatic carbocycles. The van der Waals surface area contributed by atoms with E-state index in [0.717, 1.165) is 21.9 Å². The summed E-state index contributed by atoms with van der Waals surface area (Å²) in [5.74, 6) is -0.278. The molecule has 0 unspecified atom stereocenters. The van der Waals surface area contributed by atoms with Crippen molar-refractivity contribution in [1.29, 1.82) is 5.41 Å². The number of hydrogen-bond donors (Lipinski definition) is 4. The van der Waals surface area contributed by atoms with Crippen LogP contribution in [-0.2, 0) is 13.1 Å². The van der Waals surface area contributed by atoms with E-state index in [2.05, 4.69) is 30.7 Å². The van der Waals surface area contributed by atoms with E-state index in [-0.39, 0.29) is 35.4 Å². The SMILES string of the molecule is COc1ccc(F)cc1C(=O)NCc1ccc(C(=N)c2c(N)ncnc2Nc2ccc(CN(C)C(=O)n3cncn3)cc2)cc1. The molecular weight excluding hydrogens is 579 g/mol. The number of aromatic nitrogens is 5. The molecule has 0 bridgehead atoms. The van der Waals surface area contributed by atoms with Crippen molar-refractivity contribution in [3.63, 3.8) is 0 Å². The molecule has 45 heavy (non-hydrogen) atoms. The van der Waals surface area contributed by atoms with Crippen LogP contribution in [0.3, 0.4) is 0 Å². The van der Waals surface area contributed by atoms with Gasteiger partial charge >= 0.3 is 6.03 Å². The first-order chi connectivity index (χ1) is 21.7. The van der Waals surface area contributed by atoms with Gasteiger partial charge in [0.2, 0.25) is 0 Å². The Hall–Kier alpha value is -6.18. The van der Waals surface area contributed by atoms with Crippen LogP contribution >= 0.6 is 0 Å². The maximum atomic E-state index is 13.7. The van der Waals surface area contributed by atoms with Crippen molar-refractivity contribution < 1.29 is 18.7 Å². The highest BCUT2D eigenvalue weighted by Gasteiger charge is 2.18. The van der Waals surface area contributed by atoms with E-state index in [9.17, 15) is 14.0 Å². The van der Waals surface area contributed by atoms with Gasteiger partial charge in [0, 0.05) is 31.4 Å². The molecule has 228 valence electrons. The number of amides is 2. The first-order valence-corrected chi connectivity index (χ1v) is 13.6. The molecule has 0 saturated heterocycles. The van der Waals surface area contributed by atoms with Crippen LogP contribution in [0.5, 0.6) is 5.75 Å². The molecule has 0 atom stereocenters. The first kappa shape index (κ1) is 30.3. The molecule has 0 aliphatic heterocycles. The normalized spacial score (nSPS) is 10.6. The van der Waals surface area contributed by atoms with Crippen molar-refractivity contribution in [3.05, 3.63) is 119 Å². The van der Waals surface area contributed by atoms with E-state index in [1.54, 1.807) is 31.3 Å². The number of carbonyl (C=O) groups excluding carboxylic acids is 2. The second-order valence-corrected chi connectivity index (χ2v) is 9.88. The van der Waals surface area contributed by atoms with Crippen LogP contribution in [0, 0.1) is 11.2 Å². The van der Waals surface area contributed by atoms with Crippen molar-refractivity contribution in [1.82, 2.24) is 34.9 Å². The summed E-state index contributed by atoms with van der Waals surface area (Å²) in [5.41, 5.74) is 9.60. The monoisotopic (exact) mass is 608 g/mol. The van der Waals surface area contributed by atoms with Crippen LogP contribution in [0.1, 0.15) is 32.6 Å². The fourth-order valence-electron chi connectivity index (χ4n) is 4.46. The lowest BCUT2D eigenvalue weighted by atomic mass is 10.0. The third kappa shape index (κ3) is 7.07. The van der Waals surface area contributed by atoms with Crippen LogP contribution < -0.4 is 21.1 Å². The third-order valence-corrected chi connectivity index (χ3v) is 6.81. The Kier molecular flexibility index (Phi) is 9.03. The molecule has 0 radical (unpaired) electrons. The number of ether oxygens (including phenoxy) is 1. The quantitative estimate of drug-likeness (QED) is 0.171. The van der Waals surface area contributed by atoms with E-state index in [1.807, 2.05) is 24.3 Å². The van der Waals surface area contributed by atoms with Crippen molar-refractivity contribution in [2.45, 2.75) is 13.1 Å². The number of hydrogen-bond acceptors (Lipinski definition) is 10. The minimum absolute atomic E-state index is 0.0933. The Morgan fingerprint density at radius 1 is 1.02 bits per heavy atom. The van der Waals surface area contributed by atoms with Crippen LogP contribution in [0.25, 0.3) is 0 Å². The van der Waals surface area contributed by atoms with Crippen LogP contribution in [-0.4, -0.2) is 61.4 Å². The Morgan fingerprint density at radius 2 is 1.76 bits per heavy atom. The Balaban J connectivity index is 1.24. The topological polar surface area (TPSA) is 177 Å². The number of rotatable bonds is 10. The predicted molar refractivity (Wildman–Crippen MR) is 165 cm³/mol. The number of halogens is 1. The summed E-state index contributed by atoms with van der Waals surface area (Å²) in [6, 6.07) is 17.8. The van der Waals surface area contributed by atoms with Gasteiger partial charge in [0.25, 0.3) is 5.91 Å². The molecule has 2 heterocycles. The van der Waals surface area contributed by atoms with E-state index in [0.29, 0.717) is 29.2 Å². The lowest BCUT2D eigenvalue weighted by Gasteiger charge is -2.17. The number of benzene rings is 3. The molecule has 0 spiro atoms. The van der Waals surface area contributed by atoms with Gasteiger partial charge in [-0.1, -0.05) is 36.4 Å². The van der Waals surface area contributed by atoms with Gasteiger partial charge in [-0.25, -0.2) is 24.1 Å². The van der Waals surface area contributed by atoms with Crippen molar-refractivity contribution in [2.75, 3.05) is 25.2 Å². The van der Waals surface area contributed by atoms with Gasteiger partial charge in [-0.3, -0.25) is 10.2 Å². The number of nitrogen functional groups attached to an aromatic ring is 1. The average Bonchev–Trinajstić information content (AvgIpc) is 3.59. The molecular formula is C31H29FN10O3. The lowest BCUT2D eigenvalue weighted by Crippen LogP contribution is -2.30.